The smallest absolute Gasteiger partial charge is 0.236 e. The number of carbonyl (C=O) groups excluding carboxylic acids is 1. The number of methoxy groups -OCH3 is 1. The second kappa shape index (κ2) is 10.6. The number of amides is 1. The standard InChI is InChI=1S/C24H25N5O2S/c1-4-21(18-8-9-22(31-3)27-13-18)23(30)29(2)24(26)28-14-20-11-19(15-32-20)17-7-5-6-16(10-17)12-25/h5-11,13,15,21H,4,14H2,1-3H3,(H2,26,28)/t21-/m0/s1. The molecular weight excluding hydrogens is 422 g/mol. The molecule has 0 aliphatic rings. The molecule has 164 valence electrons. The molecule has 0 aliphatic heterocycles. The van der Waals surface area contributed by atoms with Crippen LogP contribution < -0.4 is 10.1 Å². The molecule has 0 fully saturated rings. The average Bonchev–Trinajstić information content (AvgIpc) is 3.32. The van der Waals surface area contributed by atoms with E-state index in [2.05, 4.69) is 16.4 Å². The molecule has 1 amide bonds. The number of aromatic nitrogens is 1. The van der Waals surface area contributed by atoms with Crippen LogP contribution in [0.15, 0.2) is 54.0 Å². The van der Waals surface area contributed by atoms with Crippen LogP contribution >= 0.6 is 11.3 Å². The van der Waals surface area contributed by atoms with Gasteiger partial charge in [0.25, 0.3) is 0 Å². The van der Waals surface area contributed by atoms with E-state index in [0.717, 1.165) is 21.6 Å². The Morgan fingerprint density at radius 2 is 2.12 bits per heavy atom. The van der Waals surface area contributed by atoms with Crippen LogP contribution in [0.25, 0.3) is 11.1 Å². The summed E-state index contributed by atoms with van der Waals surface area (Å²) in [7, 11) is 3.15. The van der Waals surface area contributed by atoms with Crippen molar-refractivity contribution in [3.05, 3.63) is 70.0 Å². The van der Waals surface area contributed by atoms with E-state index in [1.54, 1.807) is 43.8 Å². The van der Waals surface area contributed by atoms with Crippen molar-refractivity contribution in [1.29, 1.82) is 10.7 Å². The van der Waals surface area contributed by atoms with Gasteiger partial charge in [0.15, 0.2) is 5.96 Å². The Morgan fingerprint density at radius 3 is 2.78 bits per heavy atom. The molecule has 7 nitrogen and oxygen atoms in total. The summed E-state index contributed by atoms with van der Waals surface area (Å²) in [5.41, 5.74) is 3.42. The Morgan fingerprint density at radius 1 is 1.31 bits per heavy atom. The van der Waals surface area contributed by atoms with Crippen molar-refractivity contribution in [3.63, 3.8) is 0 Å². The Balaban J connectivity index is 1.62. The van der Waals surface area contributed by atoms with Crippen LogP contribution in [-0.2, 0) is 11.3 Å². The van der Waals surface area contributed by atoms with Crippen molar-refractivity contribution in [2.75, 3.05) is 14.2 Å². The third-order valence-electron chi connectivity index (χ3n) is 5.15. The summed E-state index contributed by atoms with van der Waals surface area (Å²) in [5, 5.41) is 22.5. The van der Waals surface area contributed by atoms with Gasteiger partial charge in [-0.25, -0.2) is 4.98 Å². The lowest BCUT2D eigenvalue weighted by atomic mass is 9.97. The molecule has 0 aliphatic carbocycles. The molecule has 8 heteroatoms. The van der Waals surface area contributed by atoms with Crippen LogP contribution in [0.1, 0.15) is 35.3 Å². The van der Waals surface area contributed by atoms with E-state index in [4.69, 9.17) is 15.4 Å². The first-order valence-corrected chi connectivity index (χ1v) is 11.0. The molecule has 0 radical (unpaired) electrons. The number of benzene rings is 1. The lowest BCUT2D eigenvalue weighted by Crippen LogP contribution is -2.43. The lowest BCUT2D eigenvalue weighted by molar-refractivity contribution is -0.128. The molecule has 0 spiro atoms. The third kappa shape index (κ3) is 5.31. The summed E-state index contributed by atoms with van der Waals surface area (Å²) in [6, 6.07) is 15.2. The maximum atomic E-state index is 13.0. The maximum Gasteiger partial charge on any atom is 0.236 e. The van der Waals surface area contributed by atoms with Crippen molar-refractivity contribution in [1.82, 2.24) is 15.2 Å². The van der Waals surface area contributed by atoms with Crippen LogP contribution in [0.3, 0.4) is 0 Å². The summed E-state index contributed by atoms with van der Waals surface area (Å²) in [6.45, 7) is 2.37. The first kappa shape index (κ1) is 23.0. The van der Waals surface area contributed by atoms with E-state index in [1.807, 2.05) is 42.6 Å². The molecule has 1 aromatic carbocycles. The van der Waals surface area contributed by atoms with E-state index in [-0.39, 0.29) is 17.8 Å². The summed E-state index contributed by atoms with van der Waals surface area (Å²) < 4.78 is 5.08. The van der Waals surface area contributed by atoms with Gasteiger partial charge in [-0.1, -0.05) is 25.1 Å². The fourth-order valence-corrected chi connectivity index (χ4v) is 4.13. The quantitative estimate of drug-likeness (QED) is 0.414. The molecule has 32 heavy (non-hydrogen) atoms. The van der Waals surface area contributed by atoms with Gasteiger partial charge in [0.05, 0.1) is 31.2 Å². The van der Waals surface area contributed by atoms with Crippen molar-refractivity contribution in [2.24, 2.45) is 0 Å². The fourth-order valence-electron chi connectivity index (χ4n) is 3.30. The largest absolute Gasteiger partial charge is 0.481 e. The van der Waals surface area contributed by atoms with Crippen LogP contribution in [0.4, 0.5) is 0 Å². The predicted octanol–water partition coefficient (Wildman–Crippen LogP) is 4.37. The summed E-state index contributed by atoms with van der Waals surface area (Å²) >= 11 is 1.57. The van der Waals surface area contributed by atoms with E-state index >= 15 is 0 Å². The average molecular weight is 448 g/mol. The second-order valence-corrected chi connectivity index (χ2v) is 8.18. The van der Waals surface area contributed by atoms with Gasteiger partial charge < -0.3 is 10.1 Å². The number of rotatable bonds is 7. The zero-order chi connectivity index (χ0) is 23.1. The zero-order valence-electron chi connectivity index (χ0n) is 18.3. The van der Waals surface area contributed by atoms with Crippen LogP contribution in [0.2, 0.25) is 0 Å². The number of nitriles is 1. The molecule has 0 unspecified atom stereocenters. The first-order valence-electron chi connectivity index (χ1n) is 10.1. The number of guanidine groups is 1. The number of hydrogen-bond acceptors (Lipinski definition) is 6. The summed E-state index contributed by atoms with van der Waals surface area (Å²) in [4.78, 5) is 19.5. The van der Waals surface area contributed by atoms with E-state index < -0.39 is 0 Å². The highest BCUT2D eigenvalue weighted by Crippen LogP contribution is 2.26. The SMILES string of the molecule is CC[C@H](C(=O)N(C)C(=N)NCc1cc(-c2cccc(C#N)c2)cs1)c1ccc(OC)nc1. The number of carbonyl (C=O) groups is 1. The topological polar surface area (TPSA) is 102 Å². The van der Waals surface area contributed by atoms with Gasteiger partial charge in [-0.05, 0) is 46.7 Å². The Bertz CT molecular complexity index is 1130. The lowest BCUT2D eigenvalue weighted by Gasteiger charge is -2.24. The van der Waals surface area contributed by atoms with E-state index in [1.165, 1.54) is 4.90 Å². The molecule has 0 saturated heterocycles. The van der Waals surface area contributed by atoms with Crippen LogP contribution in [0, 0.1) is 16.7 Å². The summed E-state index contributed by atoms with van der Waals surface area (Å²) in [6.07, 6.45) is 2.24. The highest BCUT2D eigenvalue weighted by atomic mass is 32.1. The molecule has 3 aromatic rings. The minimum absolute atomic E-state index is 0.0383. The van der Waals surface area contributed by atoms with Crippen molar-refractivity contribution < 1.29 is 9.53 Å². The second-order valence-electron chi connectivity index (χ2n) is 7.19. The highest BCUT2D eigenvalue weighted by molar-refractivity contribution is 7.10. The Hall–Kier alpha value is -3.70. The number of likely N-dealkylation sites (N-methyl/N-ethyl adjacent to an activating group) is 1. The van der Waals surface area contributed by atoms with Gasteiger partial charge >= 0.3 is 0 Å². The van der Waals surface area contributed by atoms with Crippen molar-refractivity contribution in [2.45, 2.75) is 25.8 Å². The maximum absolute atomic E-state index is 13.0. The number of hydrogen-bond donors (Lipinski definition) is 2. The third-order valence-corrected chi connectivity index (χ3v) is 6.09. The van der Waals surface area contributed by atoms with Crippen molar-refractivity contribution in [3.8, 4) is 23.1 Å². The molecule has 1 atom stereocenters. The number of nitrogens with zero attached hydrogens (tertiary/aromatic N) is 3. The molecule has 2 heterocycles. The van der Waals surface area contributed by atoms with Gasteiger partial charge in [0.2, 0.25) is 11.8 Å². The van der Waals surface area contributed by atoms with Gasteiger partial charge in [0.1, 0.15) is 0 Å². The zero-order valence-corrected chi connectivity index (χ0v) is 19.1. The minimum Gasteiger partial charge on any atom is -0.481 e. The number of nitrogens with one attached hydrogen (secondary N) is 2. The fraction of sp³-hybridized carbons (Fsp3) is 0.250. The van der Waals surface area contributed by atoms with Gasteiger partial charge in [-0.3, -0.25) is 15.1 Å². The molecule has 0 bridgehead atoms. The van der Waals surface area contributed by atoms with Gasteiger partial charge in [0, 0.05) is 24.2 Å². The van der Waals surface area contributed by atoms with E-state index in [9.17, 15) is 4.79 Å². The Labute approximate surface area is 191 Å². The Kier molecular flexibility index (Phi) is 7.58. The monoisotopic (exact) mass is 447 g/mol. The first-order chi connectivity index (χ1) is 15.5. The molecule has 0 saturated carbocycles. The summed E-state index contributed by atoms with van der Waals surface area (Å²) in [5.74, 6) is -0.0247. The molecule has 2 aromatic heterocycles. The van der Waals surface area contributed by atoms with Crippen LogP contribution in [-0.4, -0.2) is 35.9 Å². The number of ether oxygens (including phenoxy) is 1. The van der Waals surface area contributed by atoms with Gasteiger partial charge in [-0.2, -0.15) is 5.26 Å². The number of thiophene rings is 1. The van der Waals surface area contributed by atoms with E-state index in [0.29, 0.717) is 24.4 Å². The number of pyridine rings is 1. The van der Waals surface area contributed by atoms with Gasteiger partial charge in [-0.15, -0.1) is 11.3 Å². The molecule has 3 rings (SSSR count). The predicted molar refractivity (Wildman–Crippen MR) is 126 cm³/mol. The van der Waals surface area contributed by atoms with Crippen LogP contribution in [0.5, 0.6) is 5.88 Å². The highest BCUT2D eigenvalue weighted by Gasteiger charge is 2.25. The molecule has 2 N–H and O–H groups in total. The van der Waals surface area contributed by atoms with Crippen molar-refractivity contribution >= 4 is 23.2 Å². The minimum atomic E-state index is -0.388. The molecular formula is C24H25N5O2S. The normalized spacial score (nSPS) is 11.3.